The fourth-order valence-electron chi connectivity index (χ4n) is 3.77. The van der Waals surface area contributed by atoms with E-state index in [1.54, 1.807) is 19.2 Å². The Morgan fingerprint density at radius 3 is 2.61 bits per heavy atom. The van der Waals surface area contributed by atoms with Crippen LogP contribution in [0, 0.1) is 0 Å². The zero-order valence-corrected chi connectivity index (χ0v) is 17.4. The van der Waals surface area contributed by atoms with E-state index < -0.39 is 0 Å². The van der Waals surface area contributed by atoms with E-state index in [0.717, 1.165) is 32.5 Å². The largest absolute Gasteiger partial charge is 0.491 e. The molecule has 28 heavy (non-hydrogen) atoms. The molecule has 1 saturated heterocycles. The van der Waals surface area contributed by atoms with Crippen molar-refractivity contribution in [2.45, 2.75) is 25.0 Å². The van der Waals surface area contributed by atoms with Gasteiger partial charge in [0.15, 0.2) is 0 Å². The summed E-state index contributed by atoms with van der Waals surface area (Å²) in [6.45, 7) is 3.41. The minimum absolute atomic E-state index is 0.271. The number of benzene rings is 2. The molecule has 148 valence electrons. The Kier molecular flexibility index (Phi) is 5.83. The number of likely N-dealkylation sites (tertiary alicyclic amines) is 1. The first-order valence-electron chi connectivity index (χ1n) is 9.48. The van der Waals surface area contributed by atoms with Gasteiger partial charge in [-0.2, -0.15) is 0 Å². The molecule has 1 aromatic heterocycles. The van der Waals surface area contributed by atoms with Crippen molar-refractivity contribution in [2.24, 2.45) is 0 Å². The summed E-state index contributed by atoms with van der Waals surface area (Å²) in [4.78, 5) is 5.72. The molecule has 0 saturated carbocycles. The Labute approximate surface area is 175 Å². The molecule has 1 aliphatic heterocycles. The predicted octanol–water partition coefficient (Wildman–Crippen LogP) is 5.53. The number of nitrogens with zero attached hydrogens (tertiary/aromatic N) is 1. The van der Waals surface area contributed by atoms with Gasteiger partial charge in [0.1, 0.15) is 18.0 Å². The third-order valence-corrected chi connectivity index (χ3v) is 6.36. The number of H-pyrrole nitrogens is 1. The SMILES string of the molecule is COC1(COc2ccc(Cl)c(Cl)c2)CCN(Cc2ccc3[nH]ccc3c2)CC1. The minimum Gasteiger partial charge on any atom is -0.491 e. The fourth-order valence-corrected chi connectivity index (χ4v) is 4.05. The normalized spacial score (nSPS) is 17.1. The Hall–Kier alpha value is -1.72. The molecule has 0 spiro atoms. The van der Waals surface area contributed by atoms with Gasteiger partial charge in [-0.25, -0.2) is 0 Å². The first-order chi connectivity index (χ1) is 13.6. The van der Waals surface area contributed by atoms with E-state index in [4.69, 9.17) is 32.7 Å². The average molecular weight is 419 g/mol. The Bertz CT molecular complexity index is 949. The van der Waals surface area contributed by atoms with E-state index in [9.17, 15) is 0 Å². The quantitative estimate of drug-likeness (QED) is 0.571. The predicted molar refractivity (Wildman–Crippen MR) is 115 cm³/mol. The maximum absolute atomic E-state index is 6.08. The van der Waals surface area contributed by atoms with Crippen LogP contribution in [0.1, 0.15) is 18.4 Å². The van der Waals surface area contributed by atoms with Gasteiger partial charge in [0.05, 0.1) is 10.0 Å². The summed E-state index contributed by atoms with van der Waals surface area (Å²) in [7, 11) is 1.77. The lowest BCUT2D eigenvalue weighted by Gasteiger charge is -2.40. The number of methoxy groups -OCH3 is 1. The molecule has 0 aliphatic carbocycles. The number of halogens is 2. The summed E-state index contributed by atoms with van der Waals surface area (Å²) in [5.74, 6) is 0.716. The molecule has 1 fully saturated rings. The molecule has 2 aromatic carbocycles. The number of piperidine rings is 1. The lowest BCUT2D eigenvalue weighted by atomic mass is 9.91. The third-order valence-electron chi connectivity index (χ3n) is 5.62. The average Bonchev–Trinajstić information content (AvgIpc) is 3.18. The molecule has 4 rings (SSSR count). The first kappa shape index (κ1) is 19.6. The van der Waals surface area contributed by atoms with Crippen molar-refractivity contribution in [3.05, 3.63) is 64.3 Å². The zero-order valence-electron chi connectivity index (χ0n) is 15.9. The molecular formula is C22H24Cl2N2O2. The van der Waals surface area contributed by atoms with Crippen LogP contribution in [-0.4, -0.2) is 42.3 Å². The maximum atomic E-state index is 6.08. The third kappa shape index (κ3) is 4.31. The lowest BCUT2D eigenvalue weighted by molar-refractivity contribution is -0.0839. The van der Waals surface area contributed by atoms with E-state index in [1.807, 2.05) is 12.3 Å². The van der Waals surface area contributed by atoms with Crippen molar-refractivity contribution in [2.75, 3.05) is 26.8 Å². The van der Waals surface area contributed by atoms with Crippen LogP contribution in [0.25, 0.3) is 10.9 Å². The van der Waals surface area contributed by atoms with Gasteiger partial charge in [0.2, 0.25) is 0 Å². The maximum Gasteiger partial charge on any atom is 0.121 e. The molecule has 1 N–H and O–H groups in total. The first-order valence-corrected chi connectivity index (χ1v) is 10.2. The van der Waals surface area contributed by atoms with Gasteiger partial charge in [-0.15, -0.1) is 0 Å². The number of aromatic nitrogens is 1. The van der Waals surface area contributed by atoms with Gasteiger partial charge in [-0.1, -0.05) is 29.3 Å². The van der Waals surface area contributed by atoms with Crippen molar-refractivity contribution in [3.63, 3.8) is 0 Å². The van der Waals surface area contributed by atoms with Crippen LogP contribution in [-0.2, 0) is 11.3 Å². The lowest BCUT2D eigenvalue weighted by Crippen LogP contribution is -2.48. The summed E-state index contributed by atoms with van der Waals surface area (Å²) in [5.41, 5.74) is 2.25. The Morgan fingerprint density at radius 2 is 1.86 bits per heavy atom. The summed E-state index contributed by atoms with van der Waals surface area (Å²) >= 11 is 12.1. The molecular weight excluding hydrogens is 395 g/mol. The highest BCUT2D eigenvalue weighted by Gasteiger charge is 2.35. The summed E-state index contributed by atoms with van der Waals surface area (Å²) < 4.78 is 11.9. The van der Waals surface area contributed by atoms with Crippen LogP contribution in [0.4, 0.5) is 0 Å². The molecule has 6 heteroatoms. The molecule has 0 amide bonds. The number of rotatable bonds is 6. The summed E-state index contributed by atoms with van der Waals surface area (Å²) in [5, 5.41) is 2.29. The highest BCUT2D eigenvalue weighted by molar-refractivity contribution is 6.42. The van der Waals surface area contributed by atoms with Crippen LogP contribution >= 0.6 is 23.2 Å². The topological polar surface area (TPSA) is 37.5 Å². The second-order valence-corrected chi connectivity index (χ2v) is 8.24. The van der Waals surface area contributed by atoms with Crippen molar-refractivity contribution in [3.8, 4) is 5.75 Å². The van der Waals surface area contributed by atoms with E-state index in [0.29, 0.717) is 22.4 Å². The van der Waals surface area contributed by atoms with Crippen molar-refractivity contribution in [1.29, 1.82) is 0 Å². The van der Waals surface area contributed by atoms with Crippen LogP contribution in [0.5, 0.6) is 5.75 Å². The van der Waals surface area contributed by atoms with E-state index in [-0.39, 0.29) is 5.60 Å². The highest BCUT2D eigenvalue weighted by Crippen LogP contribution is 2.30. The number of hydrogen-bond donors (Lipinski definition) is 1. The minimum atomic E-state index is -0.271. The van der Waals surface area contributed by atoms with Crippen molar-refractivity contribution in [1.82, 2.24) is 9.88 Å². The van der Waals surface area contributed by atoms with Crippen LogP contribution in [0.2, 0.25) is 10.0 Å². The standard InChI is InChI=1S/C22H24Cl2N2O2/c1-27-22(15-28-18-3-4-19(23)20(24)13-18)7-10-26(11-8-22)14-16-2-5-21-17(12-16)6-9-25-21/h2-6,9,12-13,25H,7-8,10-11,14-15H2,1H3. The van der Waals surface area contributed by atoms with Gasteiger partial charge < -0.3 is 14.5 Å². The van der Waals surface area contributed by atoms with Gasteiger partial charge in [0.25, 0.3) is 0 Å². The summed E-state index contributed by atoms with van der Waals surface area (Å²) in [6.07, 6.45) is 3.84. The Morgan fingerprint density at radius 1 is 1.04 bits per heavy atom. The number of ether oxygens (including phenoxy) is 2. The second kappa shape index (κ2) is 8.34. The molecule has 1 aliphatic rings. The molecule has 3 aromatic rings. The van der Waals surface area contributed by atoms with Crippen LogP contribution < -0.4 is 4.74 Å². The van der Waals surface area contributed by atoms with Gasteiger partial charge in [-0.05, 0) is 54.1 Å². The highest BCUT2D eigenvalue weighted by atomic mass is 35.5. The number of aromatic amines is 1. The number of fused-ring (bicyclic) bond motifs is 1. The molecule has 0 atom stereocenters. The van der Waals surface area contributed by atoms with Crippen LogP contribution in [0.15, 0.2) is 48.7 Å². The smallest absolute Gasteiger partial charge is 0.121 e. The van der Waals surface area contributed by atoms with Gasteiger partial charge in [-0.3, -0.25) is 4.90 Å². The Balaban J connectivity index is 1.34. The number of hydrogen-bond acceptors (Lipinski definition) is 3. The van der Waals surface area contributed by atoms with Gasteiger partial charge >= 0.3 is 0 Å². The molecule has 0 radical (unpaired) electrons. The van der Waals surface area contributed by atoms with E-state index >= 15 is 0 Å². The number of nitrogens with one attached hydrogen (secondary N) is 1. The van der Waals surface area contributed by atoms with E-state index in [1.165, 1.54) is 16.5 Å². The van der Waals surface area contributed by atoms with E-state index in [2.05, 4.69) is 34.1 Å². The molecule has 4 nitrogen and oxygen atoms in total. The van der Waals surface area contributed by atoms with Crippen molar-refractivity contribution < 1.29 is 9.47 Å². The van der Waals surface area contributed by atoms with Crippen LogP contribution in [0.3, 0.4) is 0 Å². The molecule has 2 heterocycles. The second-order valence-electron chi connectivity index (χ2n) is 7.43. The molecule has 0 unspecified atom stereocenters. The van der Waals surface area contributed by atoms with Gasteiger partial charge in [0, 0.05) is 44.5 Å². The monoisotopic (exact) mass is 418 g/mol. The van der Waals surface area contributed by atoms with Crippen molar-refractivity contribution >= 4 is 34.1 Å². The zero-order chi connectivity index (χ0) is 19.6. The summed E-state index contributed by atoms with van der Waals surface area (Å²) in [6, 6.07) is 14.1. The fraction of sp³-hybridized carbons (Fsp3) is 0.364. The molecule has 0 bridgehead atoms.